The molecular weight excluding hydrogens is 626 g/mol. The Morgan fingerprint density at radius 3 is 2.42 bits per heavy atom. The number of halogens is 5. The quantitative estimate of drug-likeness (QED) is 0.213. The maximum absolute atomic E-state index is 14.6. The lowest BCUT2D eigenvalue weighted by Gasteiger charge is -2.18. The Hall–Kier alpha value is -3.93. The van der Waals surface area contributed by atoms with Crippen molar-refractivity contribution < 1.29 is 49.5 Å². The van der Waals surface area contributed by atoms with Gasteiger partial charge in [-0.15, -0.1) is 12.4 Å². The zero-order chi connectivity index (χ0) is 30.8. The summed E-state index contributed by atoms with van der Waals surface area (Å²) in [5.41, 5.74) is 5.06. The second kappa shape index (κ2) is 13.6. The molecule has 2 amide bonds. The summed E-state index contributed by atoms with van der Waals surface area (Å²) in [6.07, 6.45) is 1.86. The zero-order valence-electron chi connectivity index (χ0n) is 22.2. The van der Waals surface area contributed by atoms with Crippen LogP contribution >= 0.6 is 12.4 Å². The normalized spacial score (nSPS) is 14.4. The third-order valence-electron chi connectivity index (χ3n) is 5.91. The predicted octanol–water partition coefficient (Wildman–Crippen LogP) is 3.24. The van der Waals surface area contributed by atoms with Crippen LogP contribution in [0.1, 0.15) is 53.7 Å². The molecule has 2 atom stereocenters. The first-order valence-corrected chi connectivity index (χ1v) is 13.8. The summed E-state index contributed by atoms with van der Waals surface area (Å²) in [6.45, 7) is -1.42. The minimum Gasteiger partial charge on any atom is -0.489 e. The second-order valence-corrected chi connectivity index (χ2v) is 10.7. The van der Waals surface area contributed by atoms with E-state index >= 15 is 0 Å². The van der Waals surface area contributed by atoms with Gasteiger partial charge in [0, 0.05) is 17.2 Å². The Kier molecular flexibility index (Phi) is 10.6. The number of benzene rings is 2. The third kappa shape index (κ3) is 8.79. The van der Waals surface area contributed by atoms with Crippen molar-refractivity contribution in [3.63, 3.8) is 0 Å². The van der Waals surface area contributed by atoms with Crippen LogP contribution in [-0.4, -0.2) is 38.4 Å². The van der Waals surface area contributed by atoms with Gasteiger partial charge in [-0.25, -0.2) is 23.6 Å². The van der Waals surface area contributed by atoms with Gasteiger partial charge in [-0.3, -0.25) is 9.59 Å². The Morgan fingerprint density at radius 1 is 1.14 bits per heavy atom. The van der Waals surface area contributed by atoms with Crippen LogP contribution in [0.5, 0.6) is 11.5 Å². The lowest BCUT2D eigenvalue weighted by molar-refractivity contribution is -0.121. The molecule has 1 saturated carbocycles. The van der Waals surface area contributed by atoms with E-state index in [0.717, 1.165) is 25.0 Å². The molecule has 3 aromatic rings. The number of nitrogens with zero attached hydrogens (tertiary/aromatic N) is 1. The van der Waals surface area contributed by atoms with E-state index < -0.39 is 63.6 Å². The number of hydrogen-bond acceptors (Lipinski definition) is 9. The molecule has 1 aliphatic carbocycles. The fourth-order valence-electron chi connectivity index (χ4n) is 3.78. The van der Waals surface area contributed by atoms with Crippen molar-refractivity contribution in [1.29, 1.82) is 0 Å². The molecular formula is C25H26ClF4N5O7S. The van der Waals surface area contributed by atoms with Crippen molar-refractivity contribution in [1.82, 2.24) is 15.0 Å². The highest BCUT2D eigenvalue weighted by atomic mass is 35.5. The zero-order valence-corrected chi connectivity index (χ0v) is 23.8. The molecule has 2 aromatic carbocycles. The average Bonchev–Trinajstić information content (AvgIpc) is 3.60. The fourth-order valence-corrected chi connectivity index (χ4v) is 4.18. The first-order valence-electron chi connectivity index (χ1n) is 12.3. The number of amides is 2. The van der Waals surface area contributed by atoms with E-state index in [2.05, 4.69) is 15.0 Å². The van der Waals surface area contributed by atoms with Crippen LogP contribution in [0.25, 0.3) is 11.5 Å². The smallest absolute Gasteiger partial charge is 0.387 e. The van der Waals surface area contributed by atoms with Crippen molar-refractivity contribution in [3.8, 4) is 23.0 Å². The van der Waals surface area contributed by atoms with Crippen molar-refractivity contribution in [3.05, 3.63) is 65.1 Å². The summed E-state index contributed by atoms with van der Waals surface area (Å²) in [4.78, 5) is 30.1. The van der Waals surface area contributed by atoms with E-state index in [-0.39, 0.29) is 53.6 Å². The van der Waals surface area contributed by atoms with E-state index in [1.54, 1.807) is 0 Å². The van der Waals surface area contributed by atoms with E-state index in [1.807, 2.05) is 0 Å². The molecule has 43 heavy (non-hydrogen) atoms. The highest BCUT2D eigenvalue weighted by molar-refractivity contribution is 7.87. The standard InChI is InChI=1S/C25H25F4N5O7S.ClH/c1-11(30)21-20(22(35)32-19(23(36)34-42(31,37)38)15-6-5-14(26)9-16(15)27)33-24(41-21)13-4-7-17(40-25(28)29)18(8-13)39-10-12-2-3-12;/h4-9,11-12,19,25H,2-3,10,30H2,1H3,(H,32,35)(H,34,36)(H2,31,37,38);1H/t11-,19+;/m0./s1. The van der Waals surface area contributed by atoms with Crippen molar-refractivity contribution >= 4 is 34.4 Å². The van der Waals surface area contributed by atoms with Crippen LogP contribution < -0.4 is 30.4 Å². The van der Waals surface area contributed by atoms with Gasteiger partial charge in [-0.05, 0) is 49.9 Å². The monoisotopic (exact) mass is 651 g/mol. The van der Waals surface area contributed by atoms with Gasteiger partial charge < -0.3 is 24.9 Å². The summed E-state index contributed by atoms with van der Waals surface area (Å²) in [6, 6.07) is 2.88. The molecule has 1 fully saturated rings. The van der Waals surface area contributed by atoms with Gasteiger partial charge in [0.15, 0.2) is 23.0 Å². The number of rotatable bonds is 12. The third-order valence-corrected chi connectivity index (χ3v) is 6.40. The van der Waals surface area contributed by atoms with Crippen LogP contribution in [0.3, 0.4) is 0 Å². The average molecular weight is 652 g/mol. The summed E-state index contributed by atoms with van der Waals surface area (Å²) < 4.78 is 94.0. The molecule has 0 spiro atoms. The SMILES string of the molecule is C[C@H](N)c1oc(-c2ccc(OC(F)F)c(OCC3CC3)c2)nc1C(=O)N[C@@H](C(=O)NS(N)(=O)=O)c1ccc(F)cc1F.Cl. The number of alkyl halides is 2. The van der Waals surface area contributed by atoms with Gasteiger partial charge in [0.25, 0.3) is 22.0 Å². The number of aromatic nitrogens is 1. The van der Waals surface area contributed by atoms with Crippen LogP contribution in [-0.2, 0) is 15.0 Å². The van der Waals surface area contributed by atoms with Gasteiger partial charge in [-0.2, -0.15) is 17.2 Å². The lowest BCUT2D eigenvalue weighted by atomic mass is 10.0. The van der Waals surface area contributed by atoms with Crippen LogP contribution in [0.4, 0.5) is 17.6 Å². The second-order valence-electron chi connectivity index (χ2n) is 9.40. The molecule has 6 N–H and O–H groups in total. The maximum atomic E-state index is 14.6. The number of carbonyl (C=O) groups excluding carboxylic acids is 2. The molecule has 1 aliphatic rings. The first-order chi connectivity index (χ1) is 19.7. The van der Waals surface area contributed by atoms with Gasteiger partial charge in [0.05, 0.1) is 12.6 Å². The lowest BCUT2D eigenvalue weighted by Crippen LogP contribution is -2.45. The highest BCUT2D eigenvalue weighted by Crippen LogP contribution is 2.37. The van der Waals surface area contributed by atoms with E-state index in [4.69, 9.17) is 20.0 Å². The maximum Gasteiger partial charge on any atom is 0.387 e. The largest absolute Gasteiger partial charge is 0.489 e. The molecule has 0 radical (unpaired) electrons. The number of nitrogens with two attached hydrogens (primary N) is 2. The van der Waals surface area contributed by atoms with Gasteiger partial charge in [-0.1, -0.05) is 6.07 Å². The molecule has 234 valence electrons. The van der Waals surface area contributed by atoms with Crippen LogP contribution in [0, 0.1) is 17.6 Å². The van der Waals surface area contributed by atoms with Crippen LogP contribution in [0.15, 0.2) is 40.8 Å². The molecule has 0 unspecified atom stereocenters. The summed E-state index contributed by atoms with van der Waals surface area (Å²) >= 11 is 0. The molecule has 18 heteroatoms. The Balaban J connectivity index is 0.00000506. The number of oxazole rings is 1. The van der Waals surface area contributed by atoms with Crippen molar-refractivity contribution in [2.75, 3.05) is 6.61 Å². The van der Waals surface area contributed by atoms with Crippen LogP contribution in [0.2, 0.25) is 0 Å². The predicted molar refractivity (Wildman–Crippen MR) is 144 cm³/mol. The van der Waals surface area contributed by atoms with Gasteiger partial charge in [0.1, 0.15) is 17.7 Å². The van der Waals surface area contributed by atoms with E-state index in [1.165, 1.54) is 29.8 Å². The molecule has 0 saturated heterocycles. The molecule has 0 aliphatic heterocycles. The van der Waals surface area contributed by atoms with E-state index in [0.29, 0.717) is 6.07 Å². The van der Waals surface area contributed by atoms with E-state index in [9.17, 15) is 35.6 Å². The van der Waals surface area contributed by atoms with Crippen molar-refractivity contribution in [2.45, 2.75) is 38.5 Å². The topological polar surface area (TPSA) is 189 Å². The molecule has 1 aromatic heterocycles. The highest BCUT2D eigenvalue weighted by Gasteiger charge is 2.32. The van der Waals surface area contributed by atoms with Crippen molar-refractivity contribution in [2.24, 2.45) is 16.8 Å². The summed E-state index contributed by atoms with van der Waals surface area (Å²) in [5.74, 6) is -5.28. The fraction of sp³-hybridized carbons (Fsp3) is 0.320. The minimum absolute atomic E-state index is 0. The van der Waals surface area contributed by atoms with Gasteiger partial charge in [0.2, 0.25) is 5.89 Å². The molecule has 4 rings (SSSR count). The first kappa shape index (κ1) is 33.6. The summed E-state index contributed by atoms with van der Waals surface area (Å²) in [5, 5.41) is 6.98. The Bertz CT molecular complexity index is 1600. The number of hydrogen-bond donors (Lipinski definition) is 4. The number of ether oxygens (including phenoxy) is 2. The molecule has 1 heterocycles. The minimum atomic E-state index is -4.64. The molecule has 0 bridgehead atoms. The Morgan fingerprint density at radius 2 is 1.84 bits per heavy atom. The summed E-state index contributed by atoms with van der Waals surface area (Å²) in [7, 11) is -4.64. The number of carbonyl (C=O) groups is 2. The molecule has 12 nitrogen and oxygen atoms in total. The van der Waals surface area contributed by atoms with Gasteiger partial charge >= 0.3 is 6.61 Å². The Labute approximate surface area is 248 Å². The number of nitrogens with one attached hydrogen (secondary N) is 2.